The molecule has 4 rings (SSSR count). The molecule has 1 atom stereocenters. The van der Waals surface area contributed by atoms with Crippen molar-refractivity contribution in [2.45, 2.75) is 13.0 Å². The summed E-state index contributed by atoms with van der Waals surface area (Å²) in [4.78, 5) is 38.5. The quantitative estimate of drug-likeness (QED) is 0.204. The number of ketones is 1. The maximum Gasteiger partial charge on any atom is 0.308 e. The van der Waals surface area contributed by atoms with Crippen LogP contribution in [0.4, 0.5) is 0 Å². The highest BCUT2D eigenvalue weighted by Crippen LogP contribution is 2.40. The van der Waals surface area contributed by atoms with Crippen LogP contribution in [0.25, 0.3) is 16.5 Å². The molecule has 0 saturated carbocycles. The molecule has 1 aliphatic heterocycles. The first-order valence-corrected chi connectivity index (χ1v) is 10.5. The van der Waals surface area contributed by atoms with E-state index in [-0.39, 0.29) is 24.5 Å². The number of hydrogen-bond acceptors (Lipinski definition) is 6. The summed E-state index contributed by atoms with van der Waals surface area (Å²) in [6.45, 7) is 1.70. The third kappa shape index (κ3) is 4.36. The monoisotopic (exact) mass is 445 g/mol. The second kappa shape index (κ2) is 9.26. The van der Waals surface area contributed by atoms with Gasteiger partial charge in [-0.25, -0.2) is 0 Å². The molecule has 0 bridgehead atoms. The first-order valence-electron chi connectivity index (χ1n) is 10.5. The van der Waals surface area contributed by atoms with E-state index in [1.165, 1.54) is 18.9 Å². The van der Waals surface area contributed by atoms with Crippen LogP contribution in [0.3, 0.4) is 0 Å². The number of fused-ring (bicyclic) bond motifs is 1. The van der Waals surface area contributed by atoms with Gasteiger partial charge in [-0.1, -0.05) is 48.5 Å². The molecule has 1 aliphatic rings. The number of likely N-dealkylation sites (tertiary alicyclic amines) is 1. The minimum atomic E-state index is -0.807. The van der Waals surface area contributed by atoms with Gasteiger partial charge in [0.2, 0.25) is 0 Å². The second-order valence-corrected chi connectivity index (χ2v) is 7.71. The van der Waals surface area contributed by atoms with E-state index in [2.05, 4.69) is 0 Å². The minimum absolute atomic E-state index is 0.00613. The Morgan fingerprint density at radius 1 is 1.00 bits per heavy atom. The molecule has 1 amide bonds. The van der Waals surface area contributed by atoms with Crippen molar-refractivity contribution in [2.75, 3.05) is 20.3 Å². The first-order chi connectivity index (χ1) is 15.9. The number of aliphatic hydroxyl groups excluding tert-OH is 1. The van der Waals surface area contributed by atoms with Crippen LogP contribution < -0.4 is 4.74 Å². The molecule has 3 aromatic rings. The lowest BCUT2D eigenvalue weighted by atomic mass is 9.94. The summed E-state index contributed by atoms with van der Waals surface area (Å²) >= 11 is 0. The number of esters is 1. The first kappa shape index (κ1) is 22.2. The normalized spacial score (nSPS) is 17.5. The molecule has 7 heteroatoms. The number of carbonyl (C=O) groups is 3. The number of hydrogen-bond donors (Lipinski definition) is 1. The molecule has 3 aromatic carbocycles. The zero-order valence-electron chi connectivity index (χ0n) is 18.3. The molecule has 0 aromatic heterocycles. The van der Waals surface area contributed by atoms with Gasteiger partial charge in [0.15, 0.2) is 0 Å². The van der Waals surface area contributed by atoms with Crippen molar-refractivity contribution >= 4 is 34.2 Å². The third-order valence-corrected chi connectivity index (χ3v) is 5.56. The van der Waals surface area contributed by atoms with Gasteiger partial charge in [-0.2, -0.15) is 0 Å². The molecule has 0 spiro atoms. The number of Topliss-reactive ketones (excluding diaryl/α,β-unsaturated/α-hetero) is 1. The lowest BCUT2D eigenvalue weighted by molar-refractivity contribution is -0.140. The Balaban J connectivity index is 1.82. The third-order valence-electron chi connectivity index (χ3n) is 5.56. The van der Waals surface area contributed by atoms with E-state index >= 15 is 0 Å². The average molecular weight is 445 g/mol. The van der Waals surface area contributed by atoms with Crippen LogP contribution in [-0.2, 0) is 19.1 Å². The summed E-state index contributed by atoms with van der Waals surface area (Å²) in [6.07, 6.45) is 0. The van der Waals surface area contributed by atoms with E-state index in [0.29, 0.717) is 16.9 Å². The van der Waals surface area contributed by atoms with Crippen molar-refractivity contribution in [3.63, 3.8) is 0 Å². The van der Waals surface area contributed by atoms with Gasteiger partial charge in [0.25, 0.3) is 11.7 Å². The van der Waals surface area contributed by atoms with Gasteiger partial charge in [0.1, 0.15) is 11.5 Å². The number of amides is 1. The van der Waals surface area contributed by atoms with Gasteiger partial charge >= 0.3 is 5.97 Å². The van der Waals surface area contributed by atoms with Crippen LogP contribution in [-0.4, -0.2) is 47.9 Å². The highest BCUT2D eigenvalue weighted by atomic mass is 16.5. The Morgan fingerprint density at radius 2 is 1.70 bits per heavy atom. The van der Waals surface area contributed by atoms with E-state index in [9.17, 15) is 19.5 Å². The lowest BCUT2D eigenvalue weighted by Gasteiger charge is -2.25. The number of aliphatic hydroxyl groups is 1. The summed E-state index contributed by atoms with van der Waals surface area (Å²) in [5.74, 6) is -1.82. The zero-order valence-corrected chi connectivity index (χ0v) is 18.3. The van der Waals surface area contributed by atoms with Crippen LogP contribution in [0.1, 0.15) is 24.1 Å². The molecule has 0 radical (unpaired) electrons. The summed E-state index contributed by atoms with van der Waals surface area (Å²) in [5, 5.41) is 13.1. The van der Waals surface area contributed by atoms with E-state index in [4.69, 9.17) is 9.47 Å². The molecular formula is C26H23NO6. The molecule has 1 unspecified atom stereocenters. The van der Waals surface area contributed by atoms with Gasteiger partial charge < -0.3 is 19.5 Å². The minimum Gasteiger partial charge on any atom is -0.507 e. The van der Waals surface area contributed by atoms with Crippen LogP contribution in [0.15, 0.2) is 72.3 Å². The smallest absolute Gasteiger partial charge is 0.308 e. The van der Waals surface area contributed by atoms with Crippen molar-refractivity contribution in [3.8, 4) is 5.75 Å². The predicted molar refractivity (Wildman–Crippen MR) is 123 cm³/mol. The Hall–Kier alpha value is -3.97. The fraction of sp³-hybridized carbons (Fsp3) is 0.192. The fourth-order valence-corrected chi connectivity index (χ4v) is 4.02. The average Bonchev–Trinajstić information content (AvgIpc) is 3.07. The molecule has 1 saturated heterocycles. The van der Waals surface area contributed by atoms with E-state index in [0.717, 1.165) is 10.8 Å². The summed E-state index contributed by atoms with van der Waals surface area (Å²) < 4.78 is 10.2. The van der Waals surface area contributed by atoms with Crippen molar-refractivity contribution in [1.29, 1.82) is 0 Å². The van der Waals surface area contributed by atoms with Crippen LogP contribution >= 0.6 is 0 Å². The number of rotatable bonds is 6. The van der Waals surface area contributed by atoms with Gasteiger partial charge in [0.05, 0.1) is 18.2 Å². The number of methoxy groups -OCH3 is 1. The van der Waals surface area contributed by atoms with E-state index in [1.807, 2.05) is 30.3 Å². The van der Waals surface area contributed by atoms with Crippen molar-refractivity contribution in [2.24, 2.45) is 0 Å². The van der Waals surface area contributed by atoms with Crippen molar-refractivity contribution in [1.82, 2.24) is 4.90 Å². The van der Waals surface area contributed by atoms with E-state index < -0.39 is 23.7 Å². The number of benzene rings is 3. The van der Waals surface area contributed by atoms with Gasteiger partial charge in [-0.3, -0.25) is 14.4 Å². The topological polar surface area (TPSA) is 93.1 Å². The van der Waals surface area contributed by atoms with Crippen molar-refractivity contribution in [3.05, 3.63) is 83.4 Å². The molecular weight excluding hydrogens is 422 g/mol. The molecule has 1 fully saturated rings. The van der Waals surface area contributed by atoms with E-state index in [1.54, 1.807) is 36.4 Å². The highest BCUT2D eigenvalue weighted by Gasteiger charge is 2.45. The Kier molecular flexibility index (Phi) is 6.24. The Morgan fingerprint density at radius 3 is 2.36 bits per heavy atom. The predicted octanol–water partition coefficient (Wildman–Crippen LogP) is 3.83. The maximum absolute atomic E-state index is 13.0. The van der Waals surface area contributed by atoms with Crippen LogP contribution in [0, 0.1) is 0 Å². The van der Waals surface area contributed by atoms with Gasteiger partial charge in [-0.15, -0.1) is 0 Å². The van der Waals surface area contributed by atoms with Crippen LogP contribution in [0.5, 0.6) is 5.75 Å². The molecule has 0 aliphatic carbocycles. The molecule has 1 heterocycles. The number of ether oxygens (including phenoxy) is 2. The lowest BCUT2D eigenvalue weighted by Crippen LogP contribution is -2.32. The van der Waals surface area contributed by atoms with Crippen LogP contribution in [0.2, 0.25) is 0 Å². The fourth-order valence-electron chi connectivity index (χ4n) is 4.02. The van der Waals surface area contributed by atoms with Gasteiger partial charge in [0, 0.05) is 26.1 Å². The Bertz CT molecular complexity index is 1260. The molecule has 33 heavy (non-hydrogen) atoms. The standard InChI is InChI=1S/C26H23NO6/c1-16(28)33-21-11-9-18(10-12-21)23-22(25(30)26(31)27(23)13-14-32-2)24(29)20-8-7-17-5-3-4-6-19(17)15-20/h3-12,15,23,29H,13-14H2,1-2H3/b24-22-. The Labute approximate surface area is 190 Å². The molecule has 1 N–H and O–H groups in total. The summed E-state index contributed by atoms with van der Waals surface area (Å²) in [7, 11) is 1.51. The summed E-state index contributed by atoms with van der Waals surface area (Å²) in [6, 6.07) is 18.7. The SMILES string of the molecule is COCCN1C(=O)C(=O)/C(=C(\O)c2ccc3ccccc3c2)C1c1ccc(OC(C)=O)cc1. The second-order valence-electron chi connectivity index (χ2n) is 7.71. The summed E-state index contributed by atoms with van der Waals surface area (Å²) in [5.41, 5.74) is 1.05. The zero-order chi connectivity index (χ0) is 23.5. The number of carbonyl (C=O) groups excluding carboxylic acids is 3. The molecule has 7 nitrogen and oxygen atoms in total. The number of nitrogens with zero attached hydrogens (tertiary/aromatic N) is 1. The van der Waals surface area contributed by atoms with Crippen molar-refractivity contribution < 1.29 is 29.0 Å². The van der Waals surface area contributed by atoms with Gasteiger partial charge in [-0.05, 0) is 34.5 Å². The maximum atomic E-state index is 13.0. The highest BCUT2D eigenvalue weighted by molar-refractivity contribution is 6.46. The molecule has 168 valence electrons. The largest absolute Gasteiger partial charge is 0.507 e.